The Morgan fingerprint density at radius 3 is 2.50 bits per heavy atom. The number of Topliss-reactive ketones (excluding diaryl/α,β-unsaturated/α-hetero) is 1. The summed E-state index contributed by atoms with van der Waals surface area (Å²) in [6.07, 6.45) is -3.33. The van der Waals surface area contributed by atoms with Crippen LogP contribution in [0.2, 0.25) is 0 Å². The lowest BCUT2D eigenvalue weighted by Crippen LogP contribution is -2.13. The van der Waals surface area contributed by atoms with Crippen LogP contribution in [0.5, 0.6) is 11.5 Å². The number of aryl methyl sites for hydroxylation is 1. The molecule has 3 rings (SSSR count). The van der Waals surface area contributed by atoms with Crippen molar-refractivity contribution in [3.05, 3.63) is 64.8 Å². The molecule has 5 nitrogen and oxygen atoms in total. The van der Waals surface area contributed by atoms with Gasteiger partial charge in [0.25, 0.3) is 0 Å². The van der Waals surface area contributed by atoms with Crippen LogP contribution >= 0.6 is 0 Å². The lowest BCUT2D eigenvalue weighted by molar-refractivity contribution is -0.138. The molecule has 1 aromatic heterocycles. The lowest BCUT2D eigenvalue weighted by atomic mass is 10.0. The van der Waals surface area contributed by atoms with Crippen LogP contribution in [0.25, 0.3) is 10.9 Å². The van der Waals surface area contributed by atoms with Gasteiger partial charge in [-0.1, -0.05) is 13.0 Å². The highest BCUT2D eigenvalue weighted by molar-refractivity contribution is 5.99. The molecule has 0 fully saturated rings. The third-order valence-electron chi connectivity index (χ3n) is 4.71. The third kappa shape index (κ3) is 4.42. The average molecular weight is 416 g/mol. The zero-order chi connectivity index (χ0) is 22.1. The number of primary amides is 1. The van der Waals surface area contributed by atoms with Gasteiger partial charge in [0, 0.05) is 30.0 Å². The van der Waals surface area contributed by atoms with Gasteiger partial charge < -0.3 is 10.5 Å². The highest BCUT2D eigenvalue weighted by Gasteiger charge is 2.34. The molecule has 8 heteroatoms. The zero-order valence-electron chi connectivity index (χ0n) is 16.3. The Morgan fingerprint density at radius 1 is 1.13 bits per heavy atom. The van der Waals surface area contributed by atoms with Crippen LogP contribution in [0.4, 0.5) is 13.2 Å². The Balaban J connectivity index is 2.06. The first-order chi connectivity index (χ1) is 14.1. The van der Waals surface area contributed by atoms with Crippen molar-refractivity contribution in [1.29, 1.82) is 0 Å². The molecule has 0 aliphatic carbocycles. The van der Waals surface area contributed by atoms with E-state index in [0.29, 0.717) is 16.5 Å². The van der Waals surface area contributed by atoms with E-state index in [1.54, 1.807) is 19.9 Å². The summed E-state index contributed by atoms with van der Waals surface area (Å²) in [7, 11) is 0. The lowest BCUT2D eigenvalue weighted by Gasteiger charge is -2.15. The highest BCUT2D eigenvalue weighted by atomic mass is 19.4. The smallest absolute Gasteiger partial charge is 0.416 e. The van der Waals surface area contributed by atoms with Gasteiger partial charge >= 0.3 is 6.18 Å². The number of ketones is 1. The SMILES string of the molecule is CCC(=O)Cc1ccc(Oc2ccnc3cc(C)c(C(N)=O)cc23)cc1C(F)(F)F. The number of aromatic nitrogens is 1. The summed E-state index contributed by atoms with van der Waals surface area (Å²) >= 11 is 0. The number of nitrogens with zero attached hydrogens (tertiary/aromatic N) is 1. The van der Waals surface area contributed by atoms with Crippen molar-refractivity contribution in [2.24, 2.45) is 5.73 Å². The van der Waals surface area contributed by atoms with Crippen molar-refractivity contribution in [3.63, 3.8) is 0 Å². The standard InChI is InChI=1S/C22H19F3N2O3/c1-3-14(28)9-13-4-5-15(10-18(13)22(23,24)25)30-20-6-7-27-19-8-12(2)16(21(26)29)11-17(19)20/h4-8,10-11H,3,9H2,1-2H3,(H2,26,29). The van der Waals surface area contributed by atoms with Crippen molar-refractivity contribution >= 4 is 22.6 Å². The molecular formula is C22H19F3N2O3. The highest BCUT2D eigenvalue weighted by Crippen LogP contribution is 2.37. The number of fused-ring (bicyclic) bond motifs is 1. The molecule has 0 saturated carbocycles. The molecule has 0 radical (unpaired) electrons. The topological polar surface area (TPSA) is 82.3 Å². The number of hydrogen-bond acceptors (Lipinski definition) is 4. The minimum atomic E-state index is -4.64. The Kier molecular flexibility index (Phi) is 5.78. The molecule has 0 aliphatic heterocycles. The molecule has 0 unspecified atom stereocenters. The summed E-state index contributed by atoms with van der Waals surface area (Å²) in [5, 5.41) is 0.440. The molecule has 156 valence electrons. The van der Waals surface area contributed by atoms with E-state index in [4.69, 9.17) is 10.5 Å². The zero-order valence-corrected chi connectivity index (χ0v) is 16.3. The van der Waals surface area contributed by atoms with Crippen LogP contribution in [-0.4, -0.2) is 16.7 Å². The summed E-state index contributed by atoms with van der Waals surface area (Å²) in [6.45, 7) is 3.31. The summed E-state index contributed by atoms with van der Waals surface area (Å²) < 4.78 is 46.3. The number of carbonyl (C=O) groups excluding carboxylic acids is 2. The van der Waals surface area contributed by atoms with Crippen molar-refractivity contribution in [3.8, 4) is 11.5 Å². The maximum absolute atomic E-state index is 13.5. The monoisotopic (exact) mass is 416 g/mol. The van der Waals surface area contributed by atoms with Gasteiger partial charge in [0.05, 0.1) is 11.1 Å². The summed E-state index contributed by atoms with van der Waals surface area (Å²) in [5.74, 6) is -0.742. The van der Waals surface area contributed by atoms with Crippen molar-refractivity contribution in [2.45, 2.75) is 32.9 Å². The summed E-state index contributed by atoms with van der Waals surface area (Å²) in [5.41, 5.74) is 5.77. The van der Waals surface area contributed by atoms with Gasteiger partial charge in [0.2, 0.25) is 5.91 Å². The number of nitrogens with two attached hydrogens (primary N) is 1. The number of rotatable bonds is 6. The van der Waals surface area contributed by atoms with E-state index < -0.39 is 17.6 Å². The molecule has 2 N–H and O–H groups in total. The van der Waals surface area contributed by atoms with Gasteiger partial charge in [-0.3, -0.25) is 14.6 Å². The van der Waals surface area contributed by atoms with E-state index in [9.17, 15) is 22.8 Å². The number of hydrogen-bond donors (Lipinski definition) is 1. The fourth-order valence-electron chi connectivity index (χ4n) is 3.13. The molecular weight excluding hydrogens is 397 g/mol. The molecule has 0 bridgehead atoms. The van der Waals surface area contributed by atoms with Gasteiger partial charge in [-0.15, -0.1) is 0 Å². The Bertz CT molecular complexity index is 1140. The van der Waals surface area contributed by atoms with Gasteiger partial charge in [-0.2, -0.15) is 13.2 Å². The fourth-order valence-corrected chi connectivity index (χ4v) is 3.13. The fraction of sp³-hybridized carbons (Fsp3) is 0.227. The van der Waals surface area contributed by atoms with Crippen molar-refractivity contribution in [1.82, 2.24) is 4.98 Å². The van der Waals surface area contributed by atoms with E-state index in [2.05, 4.69) is 4.98 Å². The molecule has 0 spiro atoms. The van der Waals surface area contributed by atoms with E-state index in [1.165, 1.54) is 30.5 Å². The Labute approximate surface area is 170 Å². The van der Waals surface area contributed by atoms with Crippen LogP contribution in [0.15, 0.2) is 42.6 Å². The minimum absolute atomic E-state index is 0.0521. The Hall–Kier alpha value is -3.42. The molecule has 0 atom stereocenters. The van der Waals surface area contributed by atoms with Gasteiger partial charge in [0.1, 0.15) is 17.3 Å². The number of ether oxygens (including phenoxy) is 1. The molecule has 2 aromatic carbocycles. The number of halogens is 3. The normalized spacial score (nSPS) is 11.5. The molecule has 30 heavy (non-hydrogen) atoms. The predicted octanol–water partition coefficient (Wildman–Crippen LogP) is 4.97. The number of carbonyl (C=O) groups is 2. The van der Waals surface area contributed by atoms with Crippen LogP contribution in [-0.2, 0) is 17.4 Å². The second-order valence-electron chi connectivity index (χ2n) is 6.85. The van der Waals surface area contributed by atoms with Crippen molar-refractivity contribution < 1.29 is 27.5 Å². The number of pyridine rings is 1. The molecule has 1 heterocycles. The first-order valence-electron chi connectivity index (χ1n) is 9.19. The number of amides is 1. The van der Waals surface area contributed by atoms with Crippen LogP contribution in [0.1, 0.15) is 40.4 Å². The summed E-state index contributed by atoms with van der Waals surface area (Å²) in [4.78, 5) is 27.5. The van der Waals surface area contributed by atoms with Crippen LogP contribution < -0.4 is 10.5 Å². The van der Waals surface area contributed by atoms with Gasteiger partial charge in [-0.05, 0) is 48.4 Å². The van der Waals surface area contributed by atoms with E-state index >= 15 is 0 Å². The van der Waals surface area contributed by atoms with E-state index in [1.807, 2.05) is 0 Å². The number of benzene rings is 2. The third-order valence-corrected chi connectivity index (χ3v) is 4.71. The van der Waals surface area contributed by atoms with Crippen molar-refractivity contribution in [2.75, 3.05) is 0 Å². The first kappa shape index (κ1) is 21.3. The average Bonchev–Trinajstić information content (AvgIpc) is 2.67. The molecule has 0 aliphatic rings. The van der Waals surface area contributed by atoms with Crippen LogP contribution in [0, 0.1) is 6.92 Å². The van der Waals surface area contributed by atoms with E-state index in [0.717, 1.165) is 6.07 Å². The quantitative estimate of drug-likeness (QED) is 0.615. The second-order valence-corrected chi connectivity index (χ2v) is 6.85. The first-order valence-corrected chi connectivity index (χ1v) is 9.19. The minimum Gasteiger partial charge on any atom is -0.457 e. The molecule has 0 saturated heterocycles. The largest absolute Gasteiger partial charge is 0.457 e. The van der Waals surface area contributed by atoms with Gasteiger partial charge in [-0.25, -0.2) is 0 Å². The van der Waals surface area contributed by atoms with Gasteiger partial charge in [0.15, 0.2) is 0 Å². The van der Waals surface area contributed by atoms with Crippen LogP contribution in [0.3, 0.4) is 0 Å². The molecule has 3 aromatic rings. The summed E-state index contributed by atoms with van der Waals surface area (Å²) in [6, 6.07) is 8.15. The maximum Gasteiger partial charge on any atom is 0.416 e. The predicted molar refractivity (Wildman–Crippen MR) is 106 cm³/mol. The van der Waals surface area contributed by atoms with E-state index in [-0.39, 0.29) is 41.3 Å². The molecule has 1 amide bonds. The number of alkyl halides is 3. The second kappa shape index (κ2) is 8.14. The Morgan fingerprint density at radius 2 is 1.87 bits per heavy atom. The maximum atomic E-state index is 13.5.